The largest absolute Gasteiger partial charge is 0.324 e. The summed E-state index contributed by atoms with van der Waals surface area (Å²) in [6, 6.07) is 6.46. The maximum absolute atomic E-state index is 6.09. The second kappa shape index (κ2) is 5.34. The third-order valence-electron chi connectivity index (χ3n) is 4.24. The lowest BCUT2D eigenvalue weighted by Gasteiger charge is -2.31. The van der Waals surface area contributed by atoms with Crippen molar-refractivity contribution in [3.8, 4) is 0 Å². The highest BCUT2D eigenvalue weighted by atomic mass is 35.5. The number of hydrogen-bond acceptors (Lipinski definition) is 1. The van der Waals surface area contributed by atoms with Gasteiger partial charge in [-0.1, -0.05) is 31.4 Å². The van der Waals surface area contributed by atoms with Crippen LogP contribution in [-0.4, -0.2) is 9.55 Å². The first-order chi connectivity index (χ1) is 9.20. The Bertz CT molecular complexity index is 591. The van der Waals surface area contributed by atoms with E-state index < -0.39 is 0 Å². The van der Waals surface area contributed by atoms with Gasteiger partial charge in [-0.3, -0.25) is 0 Å². The molecule has 1 aromatic heterocycles. The molecule has 102 valence electrons. The van der Waals surface area contributed by atoms with Crippen LogP contribution in [0.2, 0.25) is 5.02 Å². The van der Waals surface area contributed by atoms with Crippen LogP contribution in [-0.2, 0) is 5.88 Å². The van der Waals surface area contributed by atoms with Crippen molar-refractivity contribution < 1.29 is 0 Å². The second-order valence-electron chi connectivity index (χ2n) is 5.49. The van der Waals surface area contributed by atoms with E-state index in [-0.39, 0.29) is 0 Å². The van der Waals surface area contributed by atoms with E-state index in [2.05, 4.69) is 22.5 Å². The number of nitrogens with zero attached hydrogens (tertiary/aromatic N) is 2. The lowest BCUT2D eigenvalue weighted by atomic mass is 9.85. The van der Waals surface area contributed by atoms with Crippen LogP contribution in [0, 0.1) is 5.92 Å². The molecule has 2 aromatic rings. The molecule has 1 fully saturated rings. The Labute approximate surface area is 123 Å². The standard InChI is InChI=1S/C15H18Cl2N2/c1-10-4-2-3-5-13(10)19-14-7-6-11(17)8-12(14)18-15(19)9-16/h6-8,10,13H,2-5,9H2,1H3. The zero-order chi connectivity index (χ0) is 13.4. The summed E-state index contributed by atoms with van der Waals surface area (Å²) in [7, 11) is 0. The van der Waals surface area contributed by atoms with Gasteiger partial charge < -0.3 is 4.57 Å². The molecule has 0 amide bonds. The average Bonchev–Trinajstić information content (AvgIpc) is 2.76. The van der Waals surface area contributed by atoms with Gasteiger partial charge in [0.25, 0.3) is 0 Å². The van der Waals surface area contributed by atoms with Gasteiger partial charge in [-0.15, -0.1) is 11.6 Å². The smallest absolute Gasteiger partial charge is 0.125 e. The molecule has 0 spiro atoms. The van der Waals surface area contributed by atoms with Gasteiger partial charge in [0.2, 0.25) is 0 Å². The van der Waals surface area contributed by atoms with Crippen molar-refractivity contribution in [2.75, 3.05) is 0 Å². The average molecular weight is 297 g/mol. The fraction of sp³-hybridized carbons (Fsp3) is 0.533. The van der Waals surface area contributed by atoms with Gasteiger partial charge >= 0.3 is 0 Å². The molecular weight excluding hydrogens is 279 g/mol. The maximum atomic E-state index is 6.09. The molecule has 1 aliphatic rings. The first-order valence-corrected chi connectivity index (χ1v) is 7.84. The van der Waals surface area contributed by atoms with Crippen LogP contribution in [0.4, 0.5) is 0 Å². The number of hydrogen-bond donors (Lipinski definition) is 0. The highest BCUT2D eigenvalue weighted by Crippen LogP contribution is 2.37. The van der Waals surface area contributed by atoms with Crippen molar-refractivity contribution in [1.82, 2.24) is 9.55 Å². The molecule has 1 saturated carbocycles. The van der Waals surface area contributed by atoms with E-state index in [1.165, 1.54) is 31.2 Å². The van der Waals surface area contributed by atoms with Gasteiger partial charge in [-0.05, 0) is 37.0 Å². The van der Waals surface area contributed by atoms with E-state index >= 15 is 0 Å². The van der Waals surface area contributed by atoms with Crippen LogP contribution in [0.25, 0.3) is 11.0 Å². The lowest BCUT2D eigenvalue weighted by molar-refractivity contribution is 0.258. The summed E-state index contributed by atoms with van der Waals surface area (Å²) in [6.45, 7) is 2.34. The van der Waals surface area contributed by atoms with E-state index in [4.69, 9.17) is 23.2 Å². The van der Waals surface area contributed by atoms with E-state index in [9.17, 15) is 0 Å². The minimum absolute atomic E-state index is 0.454. The topological polar surface area (TPSA) is 17.8 Å². The van der Waals surface area contributed by atoms with Crippen molar-refractivity contribution in [3.05, 3.63) is 29.0 Å². The van der Waals surface area contributed by atoms with Gasteiger partial charge in [0.1, 0.15) is 5.82 Å². The van der Waals surface area contributed by atoms with E-state index in [0.717, 1.165) is 16.4 Å². The number of aromatic nitrogens is 2. The molecule has 1 aromatic carbocycles. The van der Waals surface area contributed by atoms with Crippen LogP contribution in [0.3, 0.4) is 0 Å². The number of fused-ring (bicyclic) bond motifs is 1. The van der Waals surface area contributed by atoms with E-state index in [1.54, 1.807) is 0 Å². The van der Waals surface area contributed by atoms with Gasteiger partial charge in [-0.25, -0.2) is 4.98 Å². The monoisotopic (exact) mass is 296 g/mol. The Morgan fingerprint density at radius 2 is 2.11 bits per heavy atom. The molecule has 2 unspecified atom stereocenters. The first-order valence-electron chi connectivity index (χ1n) is 6.93. The Kier molecular flexibility index (Phi) is 3.72. The molecule has 19 heavy (non-hydrogen) atoms. The summed E-state index contributed by atoms with van der Waals surface area (Å²) in [4.78, 5) is 4.65. The highest BCUT2D eigenvalue weighted by molar-refractivity contribution is 6.31. The number of rotatable bonds is 2. The van der Waals surface area contributed by atoms with Gasteiger partial charge in [-0.2, -0.15) is 0 Å². The fourth-order valence-corrected chi connectivity index (χ4v) is 3.62. The number of benzene rings is 1. The van der Waals surface area contributed by atoms with Crippen LogP contribution >= 0.6 is 23.2 Å². The Morgan fingerprint density at radius 1 is 1.32 bits per heavy atom. The predicted molar refractivity (Wildman–Crippen MR) is 81.0 cm³/mol. The third kappa shape index (κ3) is 2.36. The molecule has 0 bridgehead atoms. The highest BCUT2D eigenvalue weighted by Gasteiger charge is 2.26. The van der Waals surface area contributed by atoms with Crippen LogP contribution in [0.1, 0.15) is 44.5 Å². The van der Waals surface area contributed by atoms with Gasteiger partial charge in [0, 0.05) is 11.1 Å². The summed E-state index contributed by atoms with van der Waals surface area (Å²) < 4.78 is 2.35. The lowest BCUT2D eigenvalue weighted by Crippen LogP contribution is -2.22. The summed E-state index contributed by atoms with van der Waals surface area (Å²) in [5.74, 6) is 2.11. The Hall–Kier alpha value is -0.730. The van der Waals surface area contributed by atoms with E-state index in [1.807, 2.05) is 12.1 Å². The normalized spacial score (nSPS) is 23.9. The Balaban J connectivity index is 2.14. The van der Waals surface area contributed by atoms with Crippen LogP contribution in [0.5, 0.6) is 0 Å². The van der Waals surface area contributed by atoms with Crippen molar-refractivity contribution in [2.24, 2.45) is 5.92 Å². The maximum Gasteiger partial charge on any atom is 0.125 e. The molecule has 0 aliphatic heterocycles. The molecule has 1 aliphatic carbocycles. The summed E-state index contributed by atoms with van der Waals surface area (Å²) in [5.41, 5.74) is 2.12. The fourth-order valence-electron chi connectivity index (χ4n) is 3.27. The quantitative estimate of drug-likeness (QED) is 0.698. The SMILES string of the molecule is CC1CCCCC1n1c(CCl)nc2cc(Cl)ccc21. The van der Waals surface area contributed by atoms with Crippen molar-refractivity contribution in [1.29, 1.82) is 0 Å². The third-order valence-corrected chi connectivity index (χ3v) is 4.72. The molecule has 0 radical (unpaired) electrons. The first kappa shape index (κ1) is 13.3. The van der Waals surface area contributed by atoms with Crippen molar-refractivity contribution >= 4 is 34.2 Å². The zero-order valence-electron chi connectivity index (χ0n) is 11.1. The van der Waals surface area contributed by atoms with Crippen LogP contribution in [0.15, 0.2) is 18.2 Å². The molecular formula is C15H18Cl2N2. The van der Waals surface area contributed by atoms with Crippen LogP contribution < -0.4 is 0 Å². The van der Waals surface area contributed by atoms with Gasteiger partial charge in [0.15, 0.2) is 0 Å². The summed E-state index contributed by atoms with van der Waals surface area (Å²) in [6.07, 6.45) is 5.15. The number of imidazole rings is 1. The zero-order valence-corrected chi connectivity index (χ0v) is 12.6. The number of halogens is 2. The minimum Gasteiger partial charge on any atom is -0.324 e. The molecule has 2 nitrogen and oxygen atoms in total. The molecule has 0 N–H and O–H groups in total. The van der Waals surface area contributed by atoms with Crippen molar-refractivity contribution in [2.45, 2.75) is 44.5 Å². The van der Waals surface area contributed by atoms with Gasteiger partial charge in [0.05, 0.1) is 16.9 Å². The van der Waals surface area contributed by atoms with Crippen molar-refractivity contribution in [3.63, 3.8) is 0 Å². The number of alkyl halides is 1. The molecule has 2 atom stereocenters. The molecule has 1 heterocycles. The Morgan fingerprint density at radius 3 is 2.84 bits per heavy atom. The van der Waals surface area contributed by atoms with E-state index in [0.29, 0.717) is 17.8 Å². The predicted octanol–water partition coefficient (Wildman–Crippen LogP) is 5.18. The molecule has 0 saturated heterocycles. The molecule has 4 heteroatoms. The second-order valence-corrected chi connectivity index (χ2v) is 6.20. The summed E-state index contributed by atoms with van der Waals surface area (Å²) >= 11 is 12.1. The summed E-state index contributed by atoms with van der Waals surface area (Å²) in [5, 5.41) is 0.731. The molecule has 3 rings (SSSR count). The minimum atomic E-state index is 0.454.